The predicted octanol–water partition coefficient (Wildman–Crippen LogP) is 3.49. The van der Waals surface area contributed by atoms with E-state index in [0.29, 0.717) is 23.5 Å². The molecule has 1 fully saturated rings. The van der Waals surface area contributed by atoms with Crippen molar-refractivity contribution >= 4 is 48.8 Å². The van der Waals surface area contributed by atoms with E-state index in [1.807, 2.05) is 19.1 Å². The van der Waals surface area contributed by atoms with Crippen molar-refractivity contribution in [3.05, 3.63) is 53.6 Å². The standard InChI is InChI=1S/C25H27N3O6S2/c1-25(14-15-7-3-4-8-15)18-10-6-5-9-17(18)22(29)21(23(25)30)24-26-19-12-11-16(27-35(2,31)32)13-20(19)36(33,34)28-24/h5-6,9-13,15,21,27H,3-4,7-8,14H2,1-2H3,(H,26,28)/t21?,25-/m1/s1. The highest BCUT2D eigenvalue weighted by molar-refractivity contribution is 7.92. The molecular weight excluding hydrogens is 502 g/mol. The van der Waals surface area contributed by atoms with Crippen LogP contribution in [0, 0.1) is 11.8 Å². The molecule has 2 aromatic carbocycles. The Kier molecular flexibility index (Phi) is 5.83. The minimum atomic E-state index is -4.32. The molecule has 1 aliphatic heterocycles. The van der Waals surface area contributed by atoms with Gasteiger partial charge in [0.2, 0.25) is 10.0 Å². The Morgan fingerprint density at radius 3 is 2.50 bits per heavy atom. The molecule has 0 amide bonds. The molecule has 2 aliphatic carbocycles. The number of hydrogen-bond donors (Lipinski definition) is 2. The van der Waals surface area contributed by atoms with Crippen LogP contribution in [0.15, 0.2) is 51.8 Å². The summed E-state index contributed by atoms with van der Waals surface area (Å²) in [5, 5.41) is 2.89. The summed E-state index contributed by atoms with van der Waals surface area (Å²) in [6.07, 6.45) is 5.81. The molecule has 0 spiro atoms. The summed E-state index contributed by atoms with van der Waals surface area (Å²) in [7, 11) is -7.94. The molecule has 2 N–H and O–H groups in total. The first kappa shape index (κ1) is 24.6. The van der Waals surface area contributed by atoms with Crippen molar-refractivity contribution in [2.45, 2.75) is 49.3 Å². The van der Waals surface area contributed by atoms with Crippen molar-refractivity contribution in [1.82, 2.24) is 0 Å². The fraction of sp³-hybridized carbons (Fsp3) is 0.400. The number of nitrogens with zero attached hydrogens (tertiary/aromatic N) is 1. The Balaban J connectivity index is 1.57. The first-order valence-corrected chi connectivity index (χ1v) is 15.1. The lowest BCUT2D eigenvalue weighted by atomic mass is 9.62. The second-order valence-corrected chi connectivity index (χ2v) is 13.4. The van der Waals surface area contributed by atoms with Crippen LogP contribution in [0.3, 0.4) is 0 Å². The SMILES string of the molecule is C[C@]1(CC2CCCC2)C(=O)C(C2=NS(=O)(=O)c3cc(NS(C)(=O)=O)ccc3N2)C(=O)c2ccccc21. The number of hydrogen-bond acceptors (Lipinski definition) is 7. The van der Waals surface area contributed by atoms with Gasteiger partial charge in [-0.05, 0) is 43.0 Å². The van der Waals surface area contributed by atoms with E-state index in [9.17, 15) is 26.4 Å². The van der Waals surface area contributed by atoms with Gasteiger partial charge in [0.1, 0.15) is 16.6 Å². The Morgan fingerprint density at radius 2 is 1.81 bits per heavy atom. The van der Waals surface area contributed by atoms with Gasteiger partial charge in [-0.1, -0.05) is 49.9 Å². The topological polar surface area (TPSA) is 139 Å². The average molecular weight is 530 g/mol. The molecule has 1 saturated carbocycles. The first-order valence-electron chi connectivity index (χ1n) is 11.8. The van der Waals surface area contributed by atoms with Crippen molar-refractivity contribution in [2.24, 2.45) is 16.2 Å². The number of anilines is 2. The second-order valence-electron chi connectivity index (χ2n) is 10.1. The lowest BCUT2D eigenvalue weighted by molar-refractivity contribution is -0.126. The van der Waals surface area contributed by atoms with Gasteiger partial charge in [0, 0.05) is 11.3 Å². The average Bonchev–Trinajstić information content (AvgIpc) is 3.30. The molecule has 36 heavy (non-hydrogen) atoms. The normalized spacial score (nSPS) is 25.5. The maximum absolute atomic E-state index is 14.0. The fourth-order valence-corrected chi connectivity index (χ4v) is 7.47. The van der Waals surface area contributed by atoms with Gasteiger partial charge < -0.3 is 5.32 Å². The van der Waals surface area contributed by atoms with Crippen LogP contribution in [-0.2, 0) is 30.3 Å². The number of carbonyl (C=O) groups is 2. The molecule has 11 heteroatoms. The van der Waals surface area contributed by atoms with Crippen LogP contribution in [-0.4, -0.2) is 40.5 Å². The van der Waals surface area contributed by atoms with Crippen molar-refractivity contribution in [3.8, 4) is 0 Å². The summed E-state index contributed by atoms with van der Waals surface area (Å²) in [4.78, 5) is 27.4. The Hall–Kier alpha value is -3.05. The maximum Gasteiger partial charge on any atom is 0.286 e. The first-order chi connectivity index (χ1) is 16.9. The van der Waals surface area contributed by atoms with Gasteiger partial charge in [0.15, 0.2) is 11.6 Å². The summed E-state index contributed by atoms with van der Waals surface area (Å²) < 4.78 is 55.4. The van der Waals surface area contributed by atoms with Crippen LogP contribution < -0.4 is 10.0 Å². The highest BCUT2D eigenvalue weighted by Crippen LogP contribution is 2.45. The Morgan fingerprint density at radius 1 is 1.11 bits per heavy atom. The smallest absolute Gasteiger partial charge is 0.286 e. The predicted molar refractivity (Wildman–Crippen MR) is 136 cm³/mol. The third-order valence-corrected chi connectivity index (χ3v) is 9.28. The third kappa shape index (κ3) is 4.24. The van der Waals surface area contributed by atoms with E-state index in [2.05, 4.69) is 14.4 Å². The van der Waals surface area contributed by atoms with Crippen LogP contribution in [0.25, 0.3) is 0 Å². The number of ketones is 2. The van der Waals surface area contributed by atoms with Gasteiger partial charge in [0.25, 0.3) is 10.0 Å². The number of Topliss-reactive ketones (excluding diaryl/α,β-unsaturated/α-hetero) is 2. The zero-order valence-corrected chi connectivity index (χ0v) is 21.6. The highest BCUT2D eigenvalue weighted by atomic mass is 32.2. The molecule has 5 rings (SSSR count). The molecule has 0 radical (unpaired) electrons. The molecule has 0 aromatic heterocycles. The van der Waals surface area contributed by atoms with Crippen molar-refractivity contribution < 1.29 is 26.4 Å². The molecule has 2 atom stereocenters. The molecule has 3 aliphatic rings. The lowest BCUT2D eigenvalue weighted by Crippen LogP contribution is -2.52. The van der Waals surface area contributed by atoms with E-state index < -0.39 is 37.2 Å². The van der Waals surface area contributed by atoms with E-state index in [1.165, 1.54) is 12.1 Å². The molecule has 1 heterocycles. The summed E-state index contributed by atoms with van der Waals surface area (Å²) >= 11 is 0. The van der Waals surface area contributed by atoms with Gasteiger partial charge >= 0.3 is 0 Å². The van der Waals surface area contributed by atoms with Gasteiger partial charge in [-0.15, -0.1) is 4.40 Å². The van der Waals surface area contributed by atoms with E-state index in [1.54, 1.807) is 12.1 Å². The second kappa shape index (κ2) is 8.52. The van der Waals surface area contributed by atoms with Crippen LogP contribution in [0.5, 0.6) is 0 Å². The molecule has 2 aromatic rings. The van der Waals surface area contributed by atoms with Crippen LogP contribution in [0.1, 0.15) is 54.9 Å². The van der Waals surface area contributed by atoms with E-state index >= 15 is 0 Å². The zero-order valence-electron chi connectivity index (χ0n) is 19.9. The van der Waals surface area contributed by atoms with E-state index in [0.717, 1.165) is 38.0 Å². The highest BCUT2D eigenvalue weighted by Gasteiger charge is 2.52. The van der Waals surface area contributed by atoms with Crippen LogP contribution in [0.4, 0.5) is 11.4 Å². The van der Waals surface area contributed by atoms with Crippen molar-refractivity contribution in [3.63, 3.8) is 0 Å². The summed E-state index contributed by atoms with van der Waals surface area (Å²) in [6.45, 7) is 1.85. The van der Waals surface area contributed by atoms with Crippen LogP contribution in [0.2, 0.25) is 0 Å². The summed E-state index contributed by atoms with van der Waals surface area (Å²) in [5.41, 5.74) is 0.309. The number of fused-ring (bicyclic) bond motifs is 2. The number of amidine groups is 1. The molecular formula is C25H27N3O6S2. The van der Waals surface area contributed by atoms with Crippen molar-refractivity contribution in [1.29, 1.82) is 0 Å². The van der Waals surface area contributed by atoms with Gasteiger partial charge in [-0.3, -0.25) is 14.3 Å². The summed E-state index contributed by atoms with van der Waals surface area (Å²) in [5.74, 6) is -2.11. The minimum absolute atomic E-state index is 0.0585. The van der Waals surface area contributed by atoms with Crippen LogP contribution >= 0.6 is 0 Å². The number of sulfonamides is 2. The number of benzene rings is 2. The van der Waals surface area contributed by atoms with E-state index in [4.69, 9.17) is 0 Å². The van der Waals surface area contributed by atoms with Crippen molar-refractivity contribution in [2.75, 3.05) is 16.3 Å². The monoisotopic (exact) mass is 529 g/mol. The number of rotatable bonds is 5. The number of carbonyl (C=O) groups excluding carboxylic acids is 2. The number of nitrogens with one attached hydrogen (secondary N) is 2. The van der Waals surface area contributed by atoms with Gasteiger partial charge in [-0.25, -0.2) is 8.42 Å². The van der Waals surface area contributed by atoms with Gasteiger partial charge in [-0.2, -0.15) is 8.42 Å². The molecule has 9 nitrogen and oxygen atoms in total. The molecule has 0 saturated heterocycles. The molecule has 190 valence electrons. The maximum atomic E-state index is 14.0. The van der Waals surface area contributed by atoms with E-state index in [-0.39, 0.29) is 27.9 Å². The summed E-state index contributed by atoms with van der Waals surface area (Å²) in [6, 6.07) is 11.0. The van der Waals surface area contributed by atoms with Gasteiger partial charge in [0.05, 0.1) is 17.4 Å². The zero-order chi connectivity index (χ0) is 25.9. The third-order valence-electron chi connectivity index (χ3n) is 7.34. The Bertz CT molecular complexity index is 1520. The fourth-order valence-electron chi connectivity index (χ4n) is 5.74. The Labute approximate surface area is 210 Å². The minimum Gasteiger partial charge on any atom is -0.341 e. The largest absolute Gasteiger partial charge is 0.341 e. The quantitative estimate of drug-likeness (QED) is 0.565. The molecule has 1 unspecified atom stereocenters. The lowest BCUT2D eigenvalue weighted by Gasteiger charge is -2.40. The molecule has 0 bridgehead atoms.